The number of nitrogens with one attached hydrogen (secondary N) is 2. The lowest BCUT2D eigenvalue weighted by Crippen LogP contribution is -2.31. The van der Waals surface area contributed by atoms with Crippen molar-refractivity contribution in [2.24, 2.45) is 0 Å². The van der Waals surface area contributed by atoms with E-state index in [0.717, 1.165) is 22.2 Å². The van der Waals surface area contributed by atoms with Crippen molar-refractivity contribution in [1.82, 2.24) is 10.3 Å². The fourth-order valence-electron chi connectivity index (χ4n) is 3.63. The SMILES string of the molecule is COc1cccc(C(C)NC(=O)Nc2ccc(Oc3ccnc4cc(OC)c(OC)cc34)cc2)c1. The molecule has 8 heteroatoms. The van der Waals surface area contributed by atoms with Gasteiger partial charge in [-0.3, -0.25) is 4.98 Å². The second kappa shape index (κ2) is 10.6. The number of methoxy groups -OCH3 is 3. The van der Waals surface area contributed by atoms with Crippen molar-refractivity contribution in [1.29, 1.82) is 0 Å². The number of ether oxygens (including phenoxy) is 4. The van der Waals surface area contributed by atoms with Crippen molar-refractivity contribution in [3.63, 3.8) is 0 Å². The topological polar surface area (TPSA) is 90.9 Å². The third-order valence-corrected chi connectivity index (χ3v) is 5.49. The molecule has 1 aromatic heterocycles. The number of carbonyl (C=O) groups excluding carboxylic acids is 1. The Balaban J connectivity index is 1.43. The van der Waals surface area contributed by atoms with E-state index in [1.54, 1.807) is 63.9 Å². The van der Waals surface area contributed by atoms with Gasteiger partial charge in [0, 0.05) is 23.3 Å². The maximum Gasteiger partial charge on any atom is 0.319 e. The Morgan fingerprint density at radius 1 is 0.829 bits per heavy atom. The molecule has 1 atom stereocenters. The number of amides is 2. The van der Waals surface area contributed by atoms with Crippen LogP contribution in [0.1, 0.15) is 18.5 Å². The molecule has 0 radical (unpaired) electrons. The van der Waals surface area contributed by atoms with Crippen LogP contribution in [0.25, 0.3) is 10.9 Å². The molecule has 0 aliphatic rings. The molecule has 4 aromatic rings. The lowest BCUT2D eigenvalue weighted by Gasteiger charge is -2.16. The van der Waals surface area contributed by atoms with Gasteiger partial charge in [-0.25, -0.2) is 4.79 Å². The first kappa shape index (κ1) is 23.7. The summed E-state index contributed by atoms with van der Waals surface area (Å²) in [5, 5.41) is 6.56. The molecule has 0 saturated heterocycles. The summed E-state index contributed by atoms with van der Waals surface area (Å²) in [5.41, 5.74) is 2.31. The van der Waals surface area contributed by atoms with Gasteiger partial charge >= 0.3 is 6.03 Å². The number of carbonyl (C=O) groups is 1. The number of fused-ring (bicyclic) bond motifs is 1. The predicted molar refractivity (Wildman–Crippen MR) is 135 cm³/mol. The van der Waals surface area contributed by atoms with Gasteiger partial charge < -0.3 is 29.6 Å². The maximum absolute atomic E-state index is 12.5. The molecule has 0 saturated carbocycles. The van der Waals surface area contributed by atoms with Gasteiger partial charge in [-0.05, 0) is 61.0 Å². The molecule has 8 nitrogen and oxygen atoms in total. The maximum atomic E-state index is 12.5. The number of urea groups is 1. The first-order chi connectivity index (χ1) is 17.0. The molecule has 4 rings (SSSR count). The Labute approximate surface area is 203 Å². The van der Waals surface area contributed by atoms with Gasteiger partial charge in [0.2, 0.25) is 0 Å². The number of hydrogen-bond donors (Lipinski definition) is 2. The molecule has 3 aromatic carbocycles. The minimum atomic E-state index is -0.310. The van der Waals surface area contributed by atoms with E-state index in [9.17, 15) is 4.79 Å². The van der Waals surface area contributed by atoms with E-state index in [1.165, 1.54) is 0 Å². The molecule has 0 aliphatic heterocycles. The highest BCUT2D eigenvalue weighted by Gasteiger charge is 2.13. The van der Waals surface area contributed by atoms with Crippen molar-refractivity contribution in [3.05, 3.63) is 78.5 Å². The standard InChI is InChI=1S/C27H27N3O5/c1-17(18-6-5-7-21(14-18)32-2)29-27(31)30-19-8-10-20(11-9-19)35-24-12-13-28-23-16-26(34-4)25(33-3)15-22(23)24/h5-17H,1-4H3,(H2,29,30,31). The molecule has 2 N–H and O–H groups in total. The highest BCUT2D eigenvalue weighted by atomic mass is 16.5. The Morgan fingerprint density at radius 2 is 1.57 bits per heavy atom. The molecule has 0 spiro atoms. The molecule has 35 heavy (non-hydrogen) atoms. The Morgan fingerprint density at radius 3 is 2.29 bits per heavy atom. The van der Waals surface area contributed by atoms with Crippen molar-refractivity contribution in [2.45, 2.75) is 13.0 Å². The van der Waals surface area contributed by atoms with Gasteiger partial charge in [0.1, 0.15) is 17.2 Å². The number of nitrogens with zero attached hydrogens (tertiary/aromatic N) is 1. The highest BCUT2D eigenvalue weighted by Crippen LogP contribution is 2.37. The van der Waals surface area contributed by atoms with Crippen LogP contribution < -0.4 is 29.6 Å². The van der Waals surface area contributed by atoms with Gasteiger partial charge in [-0.15, -0.1) is 0 Å². The zero-order chi connectivity index (χ0) is 24.8. The quantitative estimate of drug-likeness (QED) is 0.329. The Hall–Kier alpha value is -4.46. The summed E-state index contributed by atoms with van der Waals surface area (Å²) in [4.78, 5) is 16.9. The van der Waals surface area contributed by atoms with Crippen LogP contribution in [0.4, 0.5) is 10.5 Å². The highest BCUT2D eigenvalue weighted by molar-refractivity contribution is 5.90. The van der Waals surface area contributed by atoms with E-state index in [0.29, 0.717) is 28.7 Å². The molecule has 2 amide bonds. The van der Waals surface area contributed by atoms with Crippen molar-refractivity contribution >= 4 is 22.6 Å². The van der Waals surface area contributed by atoms with Crippen LogP contribution in [-0.4, -0.2) is 32.3 Å². The second-order valence-corrected chi connectivity index (χ2v) is 7.76. The molecule has 1 unspecified atom stereocenters. The summed E-state index contributed by atoms with van der Waals surface area (Å²) in [6, 6.07) is 19.6. The first-order valence-electron chi connectivity index (χ1n) is 11.0. The number of benzene rings is 3. The number of aromatic nitrogens is 1. The van der Waals surface area contributed by atoms with E-state index in [1.807, 2.05) is 37.3 Å². The normalized spacial score (nSPS) is 11.4. The van der Waals surface area contributed by atoms with Gasteiger partial charge in [-0.2, -0.15) is 0 Å². The summed E-state index contributed by atoms with van der Waals surface area (Å²) in [7, 11) is 4.78. The Bertz CT molecular complexity index is 1320. The van der Waals surface area contributed by atoms with Crippen LogP contribution in [-0.2, 0) is 0 Å². The van der Waals surface area contributed by atoms with Crippen molar-refractivity contribution < 1.29 is 23.7 Å². The number of pyridine rings is 1. The summed E-state index contributed by atoms with van der Waals surface area (Å²) in [6.07, 6.45) is 1.67. The number of rotatable bonds is 8. The average Bonchev–Trinajstić information content (AvgIpc) is 2.89. The lowest BCUT2D eigenvalue weighted by molar-refractivity contribution is 0.249. The minimum absolute atomic E-state index is 0.191. The molecule has 1 heterocycles. The van der Waals surface area contributed by atoms with E-state index in [4.69, 9.17) is 18.9 Å². The van der Waals surface area contributed by atoms with E-state index in [2.05, 4.69) is 15.6 Å². The van der Waals surface area contributed by atoms with Crippen molar-refractivity contribution in [2.75, 3.05) is 26.6 Å². The van der Waals surface area contributed by atoms with Crippen LogP contribution in [0, 0.1) is 0 Å². The monoisotopic (exact) mass is 473 g/mol. The molecule has 0 aliphatic carbocycles. The summed E-state index contributed by atoms with van der Waals surface area (Å²) in [5.74, 6) is 3.17. The Kier molecular flexibility index (Phi) is 7.21. The van der Waals surface area contributed by atoms with Gasteiger partial charge in [0.25, 0.3) is 0 Å². The zero-order valence-electron chi connectivity index (χ0n) is 20.0. The zero-order valence-corrected chi connectivity index (χ0v) is 20.0. The van der Waals surface area contributed by atoms with E-state index >= 15 is 0 Å². The predicted octanol–water partition coefficient (Wildman–Crippen LogP) is 5.94. The fourth-order valence-corrected chi connectivity index (χ4v) is 3.63. The largest absolute Gasteiger partial charge is 0.497 e. The van der Waals surface area contributed by atoms with Gasteiger partial charge in [0.05, 0.1) is 32.9 Å². The van der Waals surface area contributed by atoms with Crippen LogP contribution in [0.5, 0.6) is 28.7 Å². The molecular formula is C27H27N3O5. The van der Waals surface area contributed by atoms with E-state index in [-0.39, 0.29) is 12.1 Å². The third-order valence-electron chi connectivity index (χ3n) is 5.49. The molecule has 0 fully saturated rings. The van der Waals surface area contributed by atoms with Crippen LogP contribution in [0.15, 0.2) is 72.9 Å². The lowest BCUT2D eigenvalue weighted by atomic mass is 10.1. The first-order valence-corrected chi connectivity index (χ1v) is 11.0. The number of hydrogen-bond acceptors (Lipinski definition) is 6. The number of anilines is 1. The van der Waals surface area contributed by atoms with E-state index < -0.39 is 0 Å². The van der Waals surface area contributed by atoms with Gasteiger partial charge in [-0.1, -0.05) is 12.1 Å². The minimum Gasteiger partial charge on any atom is -0.497 e. The van der Waals surface area contributed by atoms with Crippen LogP contribution in [0.3, 0.4) is 0 Å². The fraction of sp³-hybridized carbons (Fsp3) is 0.185. The van der Waals surface area contributed by atoms with Crippen LogP contribution >= 0.6 is 0 Å². The molecular weight excluding hydrogens is 446 g/mol. The van der Waals surface area contributed by atoms with Gasteiger partial charge in [0.15, 0.2) is 11.5 Å². The summed E-state index contributed by atoms with van der Waals surface area (Å²) < 4.78 is 22.1. The molecule has 180 valence electrons. The molecule has 0 bridgehead atoms. The van der Waals surface area contributed by atoms with Crippen LogP contribution in [0.2, 0.25) is 0 Å². The summed E-state index contributed by atoms with van der Waals surface area (Å²) >= 11 is 0. The average molecular weight is 474 g/mol. The van der Waals surface area contributed by atoms with Crippen molar-refractivity contribution in [3.8, 4) is 28.7 Å². The summed E-state index contributed by atoms with van der Waals surface area (Å²) in [6.45, 7) is 1.91. The smallest absolute Gasteiger partial charge is 0.319 e. The third kappa shape index (κ3) is 5.55. The second-order valence-electron chi connectivity index (χ2n) is 7.76.